The highest BCUT2D eigenvalue weighted by Crippen LogP contribution is 2.18. The van der Waals surface area contributed by atoms with Gasteiger partial charge in [0, 0.05) is 5.56 Å². The number of hydrogen-bond donors (Lipinski definition) is 0. The molecule has 0 saturated carbocycles. The van der Waals surface area contributed by atoms with Crippen LogP contribution in [0.2, 0.25) is 0 Å². The van der Waals surface area contributed by atoms with Crippen LogP contribution in [0.4, 0.5) is 0 Å². The third-order valence-electron chi connectivity index (χ3n) is 6.56. The lowest BCUT2D eigenvalue weighted by Crippen LogP contribution is -2.47. The van der Waals surface area contributed by atoms with Crippen LogP contribution >= 0.6 is 0 Å². The van der Waals surface area contributed by atoms with E-state index in [0.717, 1.165) is 0 Å². The molecule has 160 valence electrons. The van der Waals surface area contributed by atoms with Crippen molar-refractivity contribution < 1.29 is 4.48 Å². The molecule has 1 aromatic rings. The van der Waals surface area contributed by atoms with Crippen LogP contribution in [0.1, 0.15) is 109 Å². The Morgan fingerprint density at radius 2 is 1.14 bits per heavy atom. The maximum absolute atomic E-state index is 3.86. The summed E-state index contributed by atoms with van der Waals surface area (Å²) in [7, 11) is 0. The van der Waals surface area contributed by atoms with Crippen molar-refractivity contribution >= 4 is 6.08 Å². The van der Waals surface area contributed by atoms with Crippen LogP contribution in [0.15, 0.2) is 30.8 Å². The van der Waals surface area contributed by atoms with E-state index >= 15 is 0 Å². The van der Waals surface area contributed by atoms with Gasteiger partial charge in [0.15, 0.2) is 0 Å². The predicted octanol–water partition coefficient (Wildman–Crippen LogP) is 8.39. The van der Waals surface area contributed by atoms with E-state index in [1.54, 1.807) is 0 Å². The van der Waals surface area contributed by atoms with Crippen molar-refractivity contribution in [3.8, 4) is 0 Å². The monoisotopic (exact) mass is 386 g/mol. The van der Waals surface area contributed by atoms with Crippen LogP contribution in [0, 0.1) is 0 Å². The first-order valence-corrected chi connectivity index (χ1v) is 12.3. The minimum Gasteiger partial charge on any atom is -0.320 e. The second kappa shape index (κ2) is 15.8. The summed E-state index contributed by atoms with van der Waals surface area (Å²) in [6.45, 7) is 15.8. The van der Waals surface area contributed by atoms with Crippen molar-refractivity contribution in [1.82, 2.24) is 0 Å². The van der Waals surface area contributed by atoms with Crippen LogP contribution in [0.25, 0.3) is 6.08 Å². The van der Waals surface area contributed by atoms with E-state index in [1.807, 2.05) is 6.08 Å². The van der Waals surface area contributed by atoms with Gasteiger partial charge < -0.3 is 4.48 Å². The Kier molecular flexibility index (Phi) is 14.1. The van der Waals surface area contributed by atoms with Gasteiger partial charge in [0.1, 0.15) is 6.54 Å². The van der Waals surface area contributed by atoms with Crippen LogP contribution in [0.3, 0.4) is 0 Å². The van der Waals surface area contributed by atoms with Gasteiger partial charge in [0.2, 0.25) is 0 Å². The van der Waals surface area contributed by atoms with Gasteiger partial charge in [0.25, 0.3) is 0 Å². The number of unbranched alkanes of at least 4 members (excludes halogenated alkanes) is 11. The number of nitrogens with zero attached hydrogens (tertiary/aromatic N) is 1. The van der Waals surface area contributed by atoms with Gasteiger partial charge >= 0.3 is 0 Å². The second-order valence-electron chi connectivity index (χ2n) is 8.69. The Hall–Kier alpha value is -1.08. The molecule has 1 rings (SSSR count). The van der Waals surface area contributed by atoms with Crippen LogP contribution in [0.5, 0.6) is 0 Å². The maximum Gasteiger partial charge on any atom is 0.104 e. The van der Waals surface area contributed by atoms with Crippen molar-refractivity contribution in [2.75, 3.05) is 19.6 Å². The molecule has 0 aliphatic rings. The fraction of sp³-hybridized carbons (Fsp3) is 0.704. The predicted molar refractivity (Wildman–Crippen MR) is 128 cm³/mol. The lowest BCUT2D eigenvalue weighted by atomic mass is 10.0. The molecule has 1 heteroatoms. The zero-order valence-electron chi connectivity index (χ0n) is 19.4. The summed E-state index contributed by atoms with van der Waals surface area (Å²) in [4.78, 5) is 0. The summed E-state index contributed by atoms with van der Waals surface area (Å²) >= 11 is 0. The molecule has 0 atom stereocenters. The van der Waals surface area contributed by atoms with Gasteiger partial charge in [-0.2, -0.15) is 0 Å². The van der Waals surface area contributed by atoms with Gasteiger partial charge in [0.05, 0.1) is 19.6 Å². The first-order chi connectivity index (χ1) is 13.7. The highest BCUT2D eigenvalue weighted by molar-refractivity contribution is 5.47. The van der Waals surface area contributed by atoms with E-state index in [1.165, 1.54) is 119 Å². The van der Waals surface area contributed by atoms with Crippen LogP contribution in [-0.2, 0) is 6.54 Å². The fourth-order valence-electron chi connectivity index (χ4n) is 4.28. The van der Waals surface area contributed by atoms with Crippen LogP contribution in [-0.4, -0.2) is 24.1 Å². The van der Waals surface area contributed by atoms with E-state index in [-0.39, 0.29) is 0 Å². The molecule has 0 heterocycles. The smallest absolute Gasteiger partial charge is 0.104 e. The molecule has 0 radical (unpaired) electrons. The highest BCUT2D eigenvalue weighted by Gasteiger charge is 2.23. The molecule has 0 aliphatic heterocycles. The zero-order valence-corrected chi connectivity index (χ0v) is 19.4. The van der Waals surface area contributed by atoms with Crippen molar-refractivity contribution in [2.45, 2.75) is 104 Å². The molecule has 0 bridgehead atoms. The average molecular weight is 387 g/mol. The summed E-state index contributed by atoms with van der Waals surface area (Å²) in [5, 5.41) is 0. The van der Waals surface area contributed by atoms with Crippen molar-refractivity contribution in [3.05, 3.63) is 42.0 Å². The molecular formula is C27H48N+. The molecule has 0 aromatic heterocycles. The molecule has 0 N–H and O–H groups in total. The molecule has 0 amide bonds. The largest absolute Gasteiger partial charge is 0.320 e. The summed E-state index contributed by atoms with van der Waals surface area (Å²) in [6.07, 6.45) is 19.1. The summed E-state index contributed by atoms with van der Waals surface area (Å²) in [6, 6.07) is 8.98. The second-order valence-corrected chi connectivity index (χ2v) is 8.69. The van der Waals surface area contributed by atoms with Gasteiger partial charge in [-0.25, -0.2) is 0 Å². The molecule has 0 aliphatic carbocycles. The van der Waals surface area contributed by atoms with E-state index in [9.17, 15) is 0 Å². The Bertz CT molecular complexity index is 483. The Labute approximate surface area is 176 Å². The molecule has 0 saturated heterocycles. The average Bonchev–Trinajstić information content (AvgIpc) is 2.74. The van der Waals surface area contributed by atoms with Gasteiger partial charge in [-0.05, 0) is 32.3 Å². The highest BCUT2D eigenvalue weighted by atomic mass is 15.3. The first-order valence-electron chi connectivity index (χ1n) is 12.3. The first kappa shape index (κ1) is 25.0. The molecule has 0 spiro atoms. The van der Waals surface area contributed by atoms with Crippen molar-refractivity contribution in [1.29, 1.82) is 0 Å². The van der Waals surface area contributed by atoms with E-state index in [4.69, 9.17) is 0 Å². The SMILES string of the molecule is C=Cc1ccc(C[N+](CC)(CC)CCCCCCCCCCCCCC)cc1. The summed E-state index contributed by atoms with van der Waals surface area (Å²) < 4.78 is 1.23. The normalized spacial score (nSPS) is 11.7. The van der Waals surface area contributed by atoms with Crippen LogP contribution < -0.4 is 0 Å². The third-order valence-corrected chi connectivity index (χ3v) is 6.56. The van der Waals surface area contributed by atoms with Crippen molar-refractivity contribution in [3.63, 3.8) is 0 Å². The number of hydrogen-bond acceptors (Lipinski definition) is 0. The van der Waals surface area contributed by atoms with E-state index in [0.29, 0.717) is 0 Å². The minimum atomic E-state index is 1.17. The summed E-state index contributed by atoms with van der Waals surface area (Å²) in [5.74, 6) is 0. The van der Waals surface area contributed by atoms with E-state index in [2.05, 4.69) is 51.6 Å². The van der Waals surface area contributed by atoms with Crippen molar-refractivity contribution in [2.24, 2.45) is 0 Å². The number of benzene rings is 1. The lowest BCUT2D eigenvalue weighted by molar-refractivity contribution is -0.938. The molecule has 1 aromatic carbocycles. The van der Waals surface area contributed by atoms with Gasteiger partial charge in [-0.1, -0.05) is 108 Å². The molecule has 0 fully saturated rings. The zero-order chi connectivity index (χ0) is 20.5. The summed E-state index contributed by atoms with van der Waals surface area (Å²) in [5.41, 5.74) is 2.68. The topological polar surface area (TPSA) is 0 Å². The van der Waals surface area contributed by atoms with Gasteiger partial charge in [-0.15, -0.1) is 0 Å². The fourth-order valence-corrected chi connectivity index (χ4v) is 4.28. The Balaban J connectivity index is 2.18. The number of rotatable bonds is 18. The standard InChI is InChI=1S/C27H48N/c1-5-9-10-11-12-13-14-15-16-17-18-19-24-28(7-3,8-4)25-27-22-20-26(6-2)21-23-27/h6,20-23H,2,5,7-19,24-25H2,1,3-4H3/q+1. The molecular weight excluding hydrogens is 338 g/mol. The maximum atomic E-state index is 3.86. The van der Waals surface area contributed by atoms with E-state index < -0.39 is 0 Å². The Morgan fingerprint density at radius 3 is 1.57 bits per heavy atom. The third kappa shape index (κ3) is 10.5. The lowest BCUT2D eigenvalue weighted by Gasteiger charge is -2.37. The Morgan fingerprint density at radius 1 is 0.679 bits per heavy atom. The number of quaternary nitrogens is 1. The molecule has 1 nitrogen and oxygen atoms in total. The minimum absolute atomic E-state index is 1.17. The molecule has 0 unspecified atom stereocenters. The quantitative estimate of drug-likeness (QED) is 0.175. The molecule has 28 heavy (non-hydrogen) atoms. The van der Waals surface area contributed by atoms with Gasteiger partial charge in [-0.3, -0.25) is 0 Å².